The first kappa shape index (κ1) is 20.1. The minimum Gasteiger partial charge on any atom is -0.491 e. The first-order valence-electron chi connectivity index (χ1n) is 8.47. The molecule has 6 heteroatoms. The molecule has 0 aliphatic rings. The highest BCUT2D eigenvalue weighted by Crippen LogP contribution is 2.35. The molecule has 2 aromatic rings. The van der Waals surface area contributed by atoms with Crippen molar-refractivity contribution in [2.75, 3.05) is 6.61 Å². The highest BCUT2D eigenvalue weighted by Gasteiger charge is 2.22. The standard InChI is InChI=1S/C19H25Cl2NO3/c1-5-6-7-25-17-12-8-14(20)15(21)9-13(12)18(24)22(16(17)10-23)11-19(2,3)4/h8-9,23H,5-7,10-11H2,1-4H3. The Bertz CT molecular complexity index is 822. The molecule has 138 valence electrons. The van der Waals surface area contributed by atoms with Crippen molar-refractivity contribution in [2.24, 2.45) is 5.41 Å². The molecule has 1 heterocycles. The molecule has 25 heavy (non-hydrogen) atoms. The van der Waals surface area contributed by atoms with Crippen molar-refractivity contribution in [1.29, 1.82) is 0 Å². The number of hydrogen-bond donors (Lipinski definition) is 1. The van der Waals surface area contributed by atoms with Crippen molar-refractivity contribution < 1.29 is 9.84 Å². The van der Waals surface area contributed by atoms with E-state index in [1.165, 1.54) is 0 Å². The Labute approximate surface area is 158 Å². The molecule has 0 spiro atoms. The van der Waals surface area contributed by atoms with E-state index >= 15 is 0 Å². The van der Waals surface area contributed by atoms with Crippen molar-refractivity contribution in [1.82, 2.24) is 4.57 Å². The molecule has 0 saturated carbocycles. The van der Waals surface area contributed by atoms with Crippen LogP contribution in [0, 0.1) is 5.41 Å². The Balaban J connectivity index is 2.80. The lowest BCUT2D eigenvalue weighted by Gasteiger charge is -2.25. The maximum atomic E-state index is 13.0. The van der Waals surface area contributed by atoms with Gasteiger partial charge < -0.3 is 14.4 Å². The first-order valence-corrected chi connectivity index (χ1v) is 9.23. The van der Waals surface area contributed by atoms with Crippen molar-refractivity contribution in [3.63, 3.8) is 0 Å². The van der Waals surface area contributed by atoms with Gasteiger partial charge in [0.1, 0.15) is 5.75 Å². The summed E-state index contributed by atoms with van der Waals surface area (Å²) in [5.41, 5.74) is 0.135. The number of nitrogens with zero attached hydrogens (tertiary/aromatic N) is 1. The SMILES string of the molecule is CCCCOc1c(CO)n(CC(C)(C)C)c(=O)c2cc(Cl)c(Cl)cc12. The molecule has 0 radical (unpaired) electrons. The van der Waals surface area contributed by atoms with E-state index in [1.54, 1.807) is 16.7 Å². The maximum Gasteiger partial charge on any atom is 0.259 e. The second-order valence-electron chi connectivity index (χ2n) is 7.40. The number of unbranched alkanes of at least 4 members (excludes halogenated alkanes) is 1. The molecule has 0 aliphatic carbocycles. The molecule has 0 aliphatic heterocycles. The number of halogens is 2. The summed E-state index contributed by atoms with van der Waals surface area (Å²) in [6.45, 7) is 8.87. The van der Waals surface area contributed by atoms with E-state index < -0.39 is 0 Å². The number of fused-ring (bicyclic) bond motifs is 1. The van der Waals surface area contributed by atoms with Crippen LogP contribution in [0.25, 0.3) is 10.8 Å². The lowest BCUT2D eigenvalue weighted by molar-refractivity contribution is 0.237. The number of benzene rings is 1. The van der Waals surface area contributed by atoms with Gasteiger partial charge in [-0.3, -0.25) is 4.79 Å². The summed E-state index contributed by atoms with van der Waals surface area (Å²) in [7, 11) is 0. The van der Waals surface area contributed by atoms with Gasteiger partial charge in [0.2, 0.25) is 0 Å². The van der Waals surface area contributed by atoms with Crippen molar-refractivity contribution in [3.05, 3.63) is 38.2 Å². The molecule has 0 atom stereocenters. The third kappa shape index (κ3) is 4.49. The van der Waals surface area contributed by atoms with Gasteiger partial charge in [0, 0.05) is 11.9 Å². The molecule has 0 unspecified atom stereocenters. The van der Waals surface area contributed by atoms with Crippen molar-refractivity contribution in [3.8, 4) is 5.75 Å². The van der Waals surface area contributed by atoms with Gasteiger partial charge in [-0.1, -0.05) is 57.3 Å². The third-order valence-electron chi connectivity index (χ3n) is 3.90. The van der Waals surface area contributed by atoms with E-state index in [4.69, 9.17) is 27.9 Å². The molecule has 0 fully saturated rings. The summed E-state index contributed by atoms with van der Waals surface area (Å²) in [5.74, 6) is 0.508. The zero-order valence-corrected chi connectivity index (χ0v) is 16.7. The van der Waals surface area contributed by atoms with Gasteiger partial charge in [0.25, 0.3) is 5.56 Å². The van der Waals surface area contributed by atoms with E-state index in [0.717, 1.165) is 12.8 Å². The monoisotopic (exact) mass is 385 g/mol. The van der Waals surface area contributed by atoms with Crippen LogP contribution < -0.4 is 10.3 Å². The Kier molecular flexibility index (Phi) is 6.41. The van der Waals surface area contributed by atoms with Crippen LogP contribution in [0.15, 0.2) is 16.9 Å². The van der Waals surface area contributed by atoms with Crippen LogP contribution in [-0.4, -0.2) is 16.3 Å². The molecular weight excluding hydrogens is 361 g/mol. The summed E-state index contributed by atoms with van der Waals surface area (Å²) in [5, 5.41) is 11.7. The van der Waals surface area contributed by atoms with Gasteiger partial charge in [0.05, 0.1) is 34.3 Å². The summed E-state index contributed by atoms with van der Waals surface area (Å²) < 4.78 is 7.56. The van der Waals surface area contributed by atoms with E-state index in [-0.39, 0.29) is 17.6 Å². The third-order valence-corrected chi connectivity index (χ3v) is 4.62. The van der Waals surface area contributed by atoms with Crippen LogP contribution in [-0.2, 0) is 13.2 Å². The van der Waals surface area contributed by atoms with Crippen LogP contribution in [0.4, 0.5) is 0 Å². The summed E-state index contributed by atoms with van der Waals surface area (Å²) in [4.78, 5) is 13.0. The molecule has 4 nitrogen and oxygen atoms in total. The van der Waals surface area contributed by atoms with E-state index in [0.29, 0.717) is 45.4 Å². The van der Waals surface area contributed by atoms with Crippen LogP contribution in [0.5, 0.6) is 5.75 Å². The lowest BCUT2D eigenvalue weighted by Crippen LogP contribution is -2.30. The van der Waals surface area contributed by atoms with Gasteiger partial charge >= 0.3 is 0 Å². The van der Waals surface area contributed by atoms with Crippen LogP contribution in [0.2, 0.25) is 10.0 Å². The largest absolute Gasteiger partial charge is 0.491 e. The molecule has 0 bridgehead atoms. The lowest BCUT2D eigenvalue weighted by atomic mass is 9.96. The average molecular weight is 386 g/mol. The van der Waals surface area contributed by atoms with E-state index in [9.17, 15) is 9.90 Å². The first-order chi connectivity index (χ1) is 11.7. The van der Waals surface area contributed by atoms with Gasteiger partial charge in [-0.15, -0.1) is 0 Å². The van der Waals surface area contributed by atoms with E-state index in [2.05, 4.69) is 6.92 Å². The number of hydrogen-bond acceptors (Lipinski definition) is 3. The summed E-state index contributed by atoms with van der Waals surface area (Å²) in [6.07, 6.45) is 1.87. The van der Waals surface area contributed by atoms with Gasteiger partial charge in [-0.05, 0) is 24.0 Å². The molecule has 0 amide bonds. The molecule has 0 saturated heterocycles. The van der Waals surface area contributed by atoms with Gasteiger partial charge in [0.15, 0.2) is 0 Å². The summed E-state index contributed by atoms with van der Waals surface area (Å²) in [6, 6.07) is 3.22. The molecule has 1 aromatic carbocycles. The fraction of sp³-hybridized carbons (Fsp3) is 0.526. The number of ether oxygens (including phenoxy) is 1. The van der Waals surface area contributed by atoms with E-state index in [1.807, 2.05) is 20.8 Å². The fourth-order valence-electron chi connectivity index (χ4n) is 2.74. The second-order valence-corrected chi connectivity index (χ2v) is 8.21. The van der Waals surface area contributed by atoms with Gasteiger partial charge in [-0.2, -0.15) is 0 Å². The Morgan fingerprint density at radius 2 is 1.76 bits per heavy atom. The number of aliphatic hydroxyl groups excluding tert-OH is 1. The highest BCUT2D eigenvalue weighted by molar-refractivity contribution is 6.42. The quantitative estimate of drug-likeness (QED) is 0.709. The van der Waals surface area contributed by atoms with Crippen molar-refractivity contribution >= 4 is 34.0 Å². The topological polar surface area (TPSA) is 51.5 Å². The highest BCUT2D eigenvalue weighted by atomic mass is 35.5. The second kappa shape index (κ2) is 7.98. The minimum absolute atomic E-state index is 0.141. The smallest absolute Gasteiger partial charge is 0.259 e. The Hall–Kier alpha value is -1.23. The van der Waals surface area contributed by atoms with Crippen LogP contribution >= 0.6 is 23.2 Å². The number of aromatic nitrogens is 1. The molecular formula is C19H25Cl2NO3. The molecule has 1 N–H and O–H groups in total. The minimum atomic E-state index is -0.289. The zero-order valence-electron chi connectivity index (χ0n) is 15.2. The molecule has 1 aromatic heterocycles. The Morgan fingerprint density at radius 1 is 1.16 bits per heavy atom. The Morgan fingerprint density at radius 3 is 2.28 bits per heavy atom. The maximum absolute atomic E-state index is 13.0. The van der Waals surface area contributed by atoms with Crippen molar-refractivity contribution in [2.45, 2.75) is 53.7 Å². The number of rotatable bonds is 6. The predicted molar refractivity (Wildman–Crippen MR) is 104 cm³/mol. The zero-order chi connectivity index (χ0) is 18.8. The predicted octanol–water partition coefficient (Wildman–Crippen LogP) is 5.03. The summed E-state index contributed by atoms with van der Waals surface area (Å²) >= 11 is 12.3. The number of aliphatic hydroxyl groups is 1. The fourth-order valence-corrected chi connectivity index (χ4v) is 3.06. The molecule has 2 rings (SSSR count). The number of pyridine rings is 1. The normalized spacial score (nSPS) is 12.0. The van der Waals surface area contributed by atoms with Crippen LogP contribution in [0.3, 0.4) is 0 Å². The average Bonchev–Trinajstić information content (AvgIpc) is 2.52. The van der Waals surface area contributed by atoms with Gasteiger partial charge in [-0.25, -0.2) is 0 Å². The van der Waals surface area contributed by atoms with Crippen LogP contribution in [0.1, 0.15) is 46.2 Å².